The molecule has 1 rings (SSSR count). The van der Waals surface area contributed by atoms with Gasteiger partial charge in [0, 0.05) is 6.42 Å². The predicted octanol–water partition coefficient (Wildman–Crippen LogP) is 1.18. The summed E-state index contributed by atoms with van der Waals surface area (Å²) in [6.07, 6.45) is 6.70. The van der Waals surface area contributed by atoms with Crippen LogP contribution in [0, 0.1) is 0 Å². The molecule has 9 heavy (non-hydrogen) atoms. The Morgan fingerprint density at radius 2 is 2.56 bits per heavy atom. The first kappa shape index (κ1) is 6.08. The SMILES string of the molecule is C=C(CC)[n+]1cc[nH]c1. The maximum absolute atomic E-state index is 3.86. The monoisotopic (exact) mass is 123 g/mol. The molecule has 0 amide bonds. The van der Waals surface area contributed by atoms with Gasteiger partial charge in [0.15, 0.2) is 0 Å². The summed E-state index contributed by atoms with van der Waals surface area (Å²) in [4.78, 5) is 2.95. The standard InChI is InChI=1S/C7H10N2/c1-3-7(2)9-5-4-8-6-9/h4-6H,2-3H2,1H3/p+1. The van der Waals surface area contributed by atoms with Gasteiger partial charge in [-0.3, -0.25) is 0 Å². The van der Waals surface area contributed by atoms with Crippen LogP contribution in [-0.4, -0.2) is 4.98 Å². The Bertz CT molecular complexity index is 187. The summed E-state index contributed by atoms with van der Waals surface area (Å²) in [5.41, 5.74) is 1.11. The lowest BCUT2D eigenvalue weighted by Gasteiger charge is -1.91. The van der Waals surface area contributed by atoms with Crippen LogP contribution in [0.15, 0.2) is 25.3 Å². The van der Waals surface area contributed by atoms with Crippen LogP contribution >= 0.6 is 0 Å². The van der Waals surface area contributed by atoms with E-state index in [0.717, 1.165) is 12.1 Å². The van der Waals surface area contributed by atoms with E-state index in [1.165, 1.54) is 0 Å². The van der Waals surface area contributed by atoms with Crippen molar-refractivity contribution >= 4 is 5.70 Å². The number of aromatic amines is 1. The fraction of sp³-hybridized carbons (Fsp3) is 0.286. The first-order chi connectivity index (χ1) is 4.34. The number of H-pyrrole nitrogens is 1. The third-order valence-corrected chi connectivity index (χ3v) is 1.32. The molecule has 0 saturated heterocycles. The minimum absolute atomic E-state index is 0.989. The van der Waals surface area contributed by atoms with Crippen molar-refractivity contribution in [2.75, 3.05) is 0 Å². The van der Waals surface area contributed by atoms with Crippen LogP contribution in [0.3, 0.4) is 0 Å². The molecule has 0 saturated carbocycles. The average molecular weight is 123 g/mol. The van der Waals surface area contributed by atoms with Gasteiger partial charge < -0.3 is 0 Å². The molecule has 0 fully saturated rings. The van der Waals surface area contributed by atoms with Crippen LogP contribution in [0.4, 0.5) is 0 Å². The number of hydrogen-bond donors (Lipinski definition) is 1. The van der Waals surface area contributed by atoms with Crippen LogP contribution < -0.4 is 4.57 Å². The third kappa shape index (κ3) is 1.19. The second-order valence-electron chi connectivity index (χ2n) is 1.94. The van der Waals surface area contributed by atoms with E-state index in [0.29, 0.717) is 0 Å². The van der Waals surface area contributed by atoms with Crippen molar-refractivity contribution in [3.63, 3.8) is 0 Å². The molecule has 1 N–H and O–H groups in total. The van der Waals surface area contributed by atoms with Gasteiger partial charge in [0.05, 0.1) is 0 Å². The molecule has 48 valence electrons. The second kappa shape index (κ2) is 2.49. The molecule has 0 aliphatic rings. The molecule has 1 heterocycles. The van der Waals surface area contributed by atoms with Gasteiger partial charge in [-0.2, -0.15) is 0 Å². The molecular weight excluding hydrogens is 112 g/mol. The molecule has 0 radical (unpaired) electrons. The Balaban J connectivity index is 2.77. The molecule has 1 aromatic heterocycles. The maximum atomic E-state index is 3.86. The van der Waals surface area contributed by atoms with Crippen molar-refractivity contribution in [1.82, 2.24) is 4.98 Å². The fourth-order valence-electron chi connectivity index (χ4n) is 0.669. The molecule has 0 aliphatic heterocycles. The van der Waals surface area contributed by atoms with Crippen LogP contribution in [0.25, 0.3) is 5.70 Å². The Morgan fingerprint density at radius 1 is 1.78 bits per heavy atom. The van der Waals surface area contributed by atoms with Crippen LogP contribution in [0.5, 0.6) is 0 Å². The van der Waals surface area contributed by atoms with Crippen molar-refractivity contribution in [3.05, 3.63) is 25.3 Å². The van der Waals surface area contributed by atoms with Gasteiger partial charge >= 0.3 is 0 Å². The van der Waals surface area contributed by atoms with Crippen molar-refractivity contribution in [2.45, 2.75) is 13.3 Å². The largest absolute Gasteiger partial charge is 0.250 e. The van der Waals surface area contributed by atoms with Crippen molar-refractivity contribution in [3.8, 4) is 0 Å². The van der Waals surface area contributed by atoms with E-state index < -0.39 is 0 Å². The smallest absolute Gasteiger partial charge is 0.246 e. The van der Waals surface area contributed by atoms with Gasteiger partial charge in [-0.15, -0.1) is 0 Å². The third-order valence-electron chi connectivity index (χ3n) is 1.32. The van der Waals surface area contributed by atoms with E-state index in [-0.39, 0.29) is 0 Å². The Kier molecular flexibility index (Phi) is 1.68. The summed E-state index contributed by atoms with van der Waals surface area (Å²) in [6.45, 7) is 5.94. The molecule has 2 nitrogen and oxygen atoms in total. The number of rotatable bonds is 2. The fourth-order valence-corrected chi connectivity index (χ4v) is 0.669. The topological polar surface area (TPSA) is 19.7 Å². The molecule has 1 aromatic rings. The van der Waals surface area contributed by atoms with Gasteiger partial charge in [0.25, 0.3) is 0 Å². The Labute approximate surface area is 54.8 Å². The van der Waals surface area contributed by atoms with E-state index in [9.17, 15) is 0 Å². The van der Waals surface area contributed by atoms with Crippen LogP contribution in [-0.2, 0) is 0 Å². The van der Waals surface area contributed by atoms with Crippen LogP contribution in [0.2, 0.25) is 0 Å². The van der Waals surface area contributed by atoms with E-state index in [1.54, 1.807) is 0 Å². The van der Waals surface area contributed by atoms with E-state index in [4.69, 9.17) is 0 Å². The summed E-state index contributed by atoms with van der Waals surface area (Å²) in [7, 11) is 0. The van der Waals surface area contributed by atoms with Gasteiger partial charge in [0.1, 0.15) is 18.1 Å². The number of allylic oxidation sites excluding steroid dienone is 1. The van der Waals surface area contributed by atoms with Crippen molar-refractivity contribution in [1.29, 1.82) is 0 Å². The molecule has 0 aliphatic carbocycles. The average Bonchev–Trinajstić information content (AvgIpc) is 2.37. The molecule has 0 bridgehead atoms. The number of nitrogens with one attached hydrogen (secondary N) is 1. The zero-order valence-electron chi connectivity index (χ0n) is 5.59. The summed E-state index contributed by atoms with van der Waals surface area (Å²) in [5.74, 6) is 0. The molecule has 0 atom stereocenters. The predicted molar refractivity (Wildman–Crippen MR) is 36.6 cm³/mol. The maximum Gasteiger partial charge on any atom is 0.246 e. The Morgan fingerprint density at radius 3 is 3.00 bits per heavy atom. The lowest BCUT2D eigenvalue weighted by atomic mass is 10.4. The highest BCUT2D eigenvalue weighted by Crippen LogP contribution is 1.91. The van der Waals surface area contributed by atoms with Gasteiger partial charge in [-0.25, -0.2) is 9.55 Å². The van der Waals surface area contributed by atoms with Gasteiger partial charge in [-0.1, -0.05) is 13.5 Å². The first-order valence-corrected chi connectivity index (χ1v) is 3.06. The number of hydrogen-bond acceptors (Lipinski definition) is 0. The zero-order chi connectivity index (χ0) is 6.69. The minimum atomic E-state index is 0.989. The van der Waals surface area contributed by atoms with Gasteiger partial charge in [0.2, 0.25) is 6.33 Å². The quantitative estimate of drug-likeness (QED) is 0.570. The van der Waals surface area contributed by atoms with E-state index in [1.807, 2.05) is 23.3 Å². The van der Waals surface area contributed by atoms with E-state index >= 15 is 0 Å². The zero-order valence-corrected chi connectivity index (χ0v) is 5.59. The summed E-state index contributed by atoms with van der Waals surface area (Å²) < 4.78 is 1.97. The first-order valence-electron chi connectivity index (χ1n) is 3.06. The molecule has 2 heteroatoms. The number of nitrogens with zero attached hydrogens (tertiary/aromatic N) is 1. The van der Waals surface area contributed by atoms with Gasteiger partial charge in [-0.05, 0) is 0 Å². The number of imidazole rings is 1. The van der Waals surface area contributed by atoms with E-state index in [2.05, 4.69) is 18.5 Å². The highest BCUT2D eigenvalue weighted by Gasteiger charge is 1.97. The summed E-state index contributed by atoms with van der Waals surface area (Å²) in [6, 6.07) is 0. The minimum Gasteiger partial charge on any atom is -0.250 e. The lowest BCUT2D eigenvalue weighted by molar-refractivity contribution is -0.581. The van der Waals surface area contributed by atoms with Crippen molar-refractivity contribution in [2.24, 2.45) is 0 Å². The summed E-state index contributed by atoms with van der Waals surface area (Å²) in [5, 5.41) is 0. The van der Waals surface area contributed by atoms with Crippen LogP contribution in [0.1, 0.15) is 13.3 Å². The summed E-state index contributed by atoms with van der Waals surface area (Å²) >= 11 is 0. The molecule has 0 unspecified atom stereocenters. The highest BCUT2D eigenvalue weighted by atomic mass is 15.0. The molecule has 0 aromatic carbocycles. The highest BCUT2D eigenvalue weighted by molar-refractivity contribution is 5.25. The number of aromatic nitrogens is 2. The second-order valence-corrected chi connectivity index (χ2v) is 1.94. The Hall–Kier alpha value is -1.05. The normalized spacial score (nSPS) is 9.44. The lowest BCUT2D eigenvalue weighted by Crippen LogP contribution is -2.27. The molecular formula is C7H11N2+. The molecule has 0 spiro atoms. The van der Waals surface area contributed by atoms with Crippen molar-refractivity contribution < 1.29 is 4.57 Å².